The normalized spacial score (nSPS) is 19.0. The summed E-state index contributed by atoms with van der Waals surface area (Å²) in [6.45, 7) is 4.84. The van der Waals surface area contributed by atoms with Crippen LogP contribution in [0.15, 0.2) is 23.4 Å². The maximum absolute atomic E-state index is 12.3. The van der Waals surface area contributed by atoms with Crippen molar-refractivity contribution in [2.75, 3.05) is 25.4 Å². The van der Waals surface area contributed by atoms with Crippen LogP contribution in [0.4, 0.5) is 0 Å². The highest BCUT2D eigenvalue weighted by Gasteiger charge is 2.32. The number of piperidine rings is 1. The van der Waals surface area contributed by atoms with Gasteiger partial charge in [-0.1, -0.05) is 11.8 Å². The second-order valence-electron chi connectivity index (χ2n) is 7.05. The molecule has 2 heterocycles. The van der Waals surface area contributed by atoms with Gasteiger partial charge in [0.2, 0.25) is 5.91 Å². The van der Waals surface area contributed by atoms with Crippen molar-refractivity contribution in [1.82, 2.24) is 20.2 Å². The van der Waals surface area contributed by atoms with Crippen LogP contribution in [0.5, 0.6) is 5.75 Å². The average molecular weight is 375 g/mol. The molecule has 4 rings (SSSR count). The third kappa shape index (κ3) is 4.32. The molecule has 140 valence electrons. The monoisotopic (exact) mass is 374 g/mol. The van der Waals surface area contributed by atoms with Gasteiger partial charge in [-0.2, -0.15) is 0 Å². The Bertz CT molecular complexity index is 766. The minimum atomic E-state index is 0.0929. The molecule has 1 aromatic carbocycles. The van der Waals surface area contributed by atoms with E-state index in [2.05, 4.69) is 20.2 Å². The van der Waals surface area contributed by atoms with Crippen molar-refractivity contribution in [3.05, 3.63) is 18.2 Å². The second kappa shape index (κ2) is 7.88. The Balaban J connectivity index is 1.25. The summed E-state index contributed by atoms with van der Waals surface area (Å²) in [6, 6.07) is 6.96. The number of thioether (sulfide) groups is 1. The van der Waals surface area contributed by atoms with E-state index in [-0.39, 0.29) is 5.91 Å². The van der Waals surface area contributed by atoms with Gasteiger partial charge in [-0.25, -0.2) is 4.98 Å². The largest absolute Gasteiger partial charge is 0.494 e. The number of imidazole rings is 1. The minimum Gasteiger partial charge on any atom is -0.494 e. The van der Waals surface area contributed by atoms with Crippen LogP contribution in [-0.2, 0) is 4.79 Å². The molecular weight excluding hydrogens is 348 g/mol. The summed E-state index contributed by atoms with van der Waals surface area (Å²) in [6.07, 6.45) is 4.85. The first kappa shape index (κ1) is 17.7. The van der Waals surface area contributed by atoms with Gasteiger partial charge in [0.1, 0.15) is 5.75 Å². The van der Waals surface area contributed by atoms with Gasteiger partial charge in [0.15, 0.2) is 5.16 Å². The van der Waals surface area contributed by atoms with Crippen molar-refractivity contribution in [3.8, 4) is 5.75 Å². The molecule has 0 atom stereocenters. The Labute approximate surface area is 158 Å². The minimum absolute atomic E-state index is 0.0929. The first-order valence-corrected chi connectivity index (χ1v) is 10.5. The van der Waals surface area contributed by atoms with Crippen molar-refractivity contribution < 1.29 is 9.53 Å². The molecule has 1 aliphatic heterocycles. The number of carbonyl (C=O) groups excluding carboxylic acids is 1. The number of amides is 1. The van der Waals surface area contributed by atoms with E-state index in [1.807, 2.05) is 25.1 Å². The molecule has 0 bridgehead atoms. The lowest BCUT2D eigenvalue weighted by molar-refractivity contribution is -0.119. The Morgan fingerprint density at radius 1 is 1.35 bits per heavy atom. The van der Waals surface area contributed by atoms with E-state index in [0.29, 0.717) is 18.4 Å². The number of hydrogen-bond donors (Lipinski definition) is 2. The van der Waals surface area contributed by atoms with E-state index < -0.39 is 0 Å². The molecule has 0 spiro atoms. The summed E-state index contributed by atoms with van der Waals surface area (Å²) in [5, 5.41) is 3.95. The lowest BCUT2D eigenvalue weighted by Gasteiger charge is -2.32. The van der Waals surface area contributed by atoms with Crippen molar-refractivity contribution in [1.29, 1.82) is 0 Å². The van der Waals surface area contributed by atoms with Crippen molar-refractivity contribution in [3.63, 3.8) is 0 Å². The Hall–Kier alpha value is -1.73. The summed E-state index contributed by atoms with van der Waals surface area (Å²) in [5.41, 5.74) is 1.83. The fourth-order valence-corrected chi connectivity index (χ4v) is 4.24. The molecule has 1 saturated heterocycles. The number of likely N-dealkylation sites (tertiary alicyclic amines) is 1. The van der Waals surface area contributed by atoms with Gasteiger partial charge in [-0.05, 0) is 44.7 Å². The number of benzene rings is 1. The lowest BCUT2D eigenvalue weighted by Crippen LogP contribution is -2.45. The number of H-pyrrole nitrogens is 1. The number of ether oxygens (including phenoxy) is 1. The fourth-order valence-electron chi connectivity index (χ4n) is 3.54. The van der Waals surface area contributed by atoms with Gasteiger partial charge in [-0.3, -0.25) is 4.79 Å². The van der Waals surface area contributed by atoms with Crippen LogP contribution in [0.25, 0.3) is 11.0 Å². The quantitative estimate of drug-likeness (QED) is 0.730. The fraction of sp³-hybridized carbons (Fsp3) is 0.579. The summed E-state index contributed by atoms with van der Waals surface area (Å²) in [7, 11) is 0. The first-order chi connectivity index (χ1) is 12.7. The molecule has 0 radical (unpaired) electrons. The Morgan fingerprint density at radius 3 is 2.88 bits per heavy atom. The number of hydrogen-bond acceptors (Lipinski definition) is 5. The number of aromatic amines is 1. The van der Waals surface area contributed by atoms with E-state index in [1.54, 1.807) is 0 Å². The molecule has 0 unspecified atom stereocenters. The molecule has 2 aliphatic rings. The van der Waals surface area contributed by atoms with Crippen molar-refractivity contribution in [2.24, 2.45) is 0 Å². The highest BCUT2D eigenvalue weighted by Crippen LogP contribution is 2.29. The third-order valence-electron chi connectivity index (χ3n) is 5.04. The highest BCUT2D eigenvalue weighted by molar-refractivity contribution is 7.99. The second-order valence-corrected chi connectivity index (χ2v) is 8.02. The van der Waals surface area contributed by atoms with Gasteiger partial charge >= 0.3 is 0 Å². The smallest absolute Gasteiger partial charge is 0.230 e. The Kier molecular flexibility index (Phi) is 5.36. The van der Waals surface area contributed by atoms with E-state index in [4.69, 9.17) is 4.74 Å². The maximum Gasteiger partial charge on any atom is 0.230 e. The summed E-state index contributed by atoms with van der Waals surface area (Å²) in [5.74, 6) is 1.31. The number of nitrogens with zero attached hydrogens (tertiary/aromatic N) is 2. The number of nitrogens with one attached hydrogen (secondary N) is 2. The molecule has 6 nitrogen and oxygen atoms in total. The van der Waals surface area contributed by atoms with Gasteiger partial charge in [0, 0.05) is 31.2 Å². The summed E-state index contributed by atoms with van der Waals surface area (Å²) >= 11 is 1.45. The first-order valence-electron chi connectivity index (χ1n) is 9.50. The zero-order valence-electron chi connectivity index (χ0n) is 15.2. The van der Waals surface area contributed by atoms with Gasteiger partial charge in [0.05, 0.1) is 23.4 Å². The SMILES string of the molecule is CCOc1ccc2nc(SCC(=O)NC3CCN(C4CC4)CC3)[nH]c2c1. The number of carbonyl (C=O) groups is 1. The van der Waals surface area contributed by atoms with Crippen LogP contribution in [0.3, 0.4) is 0 Å². The maximum atomic E-state index is 12.3. The van der Waals surface area contributed by atoms with Crippen LogP contribution >= 0.6 is 11.8 Å². The standard InChI is InChI=1S/C19H26N4O2S/c1-2-25-15-5-6-16-17(11-15)22-19(21-16)26-12-18(24)20-13-7-9-23(10-8-13)14-3-4-14/h5-6,11,13-14H,2-4,7-10,12H2,1H3,(H,20,24)(H,21,22). The third-order valence-corrected chi connectivity index (χ3v) is 5.91. The van der Waals surface area contributed by atoms with E-state index in [0.717, 1.165) is 53.9 Å². The molecular formula is C19H26N4O2S. The van der Waals surface area contributed by atoms with Gasteiger partial charge < -0.3 is 19.9 Å². The molecule has 1 aliphatic carbocycles. The molecule has 2 fully saturated rings. The molecule has 26 heavy (non-hydrogen) atoms. The number of rotatable bonds is 7. The van der Waals surface area contributed by atoms with E-state index in [1.165, 1.54) is 24.6 Å². The molecule has 1 aromatic heterocycles. The van der Waals surface area contributed by atoms with E-state index in [9.17, 15) is 4.79 Å². The number of aromatic nitrogens is 2. The topological polar surface area (TPSA) is 70.2 Å². The Morgan fingerprint density at radius 2 is 2.15 bits per heavy atom. The zero-order chi connectivity index (χ0) is 17.9. The molecule has 1 amide bonds. The van der Waals surface area contributed by atoms with Crippen LogP contribution < -0.4 is 10.1 Å². The number of fused-ring (bicyclic) bond motifs is 1. The molecule has 7 heteroatoms. The van der Waals surface area contributed by atoms with Crippen LogP contribution in [-0.4, -0.2) is 58.3 Å². The molecule has 2 aromatic rings. The predicted octanol–water partition coefficient (Wildman–Crippen LogP) is 2.80. The predicted molar refractivity (Wildman–Crippen MR) is 104 cm³/mol. The van der Waals surface area contributed by atoms with Crippen molar-refractivity contribution >= 4 is 28.7 Å². The molecule has 1 saturated carbocycles. The van der Waals surface area contributed by atoms with Crippen LogP contribution in [0.1, 0.15) is 32.6 Å². The van der Waals surface area contributed by atoms with E-state index >= 15 is 0 Å². The summed E-state index contributed by atoms with van der Waals surface area (Å²) in [4.78, 5) is 22.6. The van der Waals surface area contributed by atoms with Crippen molar-refractivity contribution in [2.45, 2.75) is 49.8 Å². The zero-order valence-corrected chi connectivity index (χ0v) is 16.0. The lowest BCUT2D eigenvalue weighted by atomic mass is 10.1. The van der Waals surface area contributed by atoms with Crippen LogP contribution in [0, 0.1) is 0 Å². The summed E-state index contributed by atoms with van der Waals surface area (Å²) < 4.78 is 5.51. The van der Waals surface area contributed by atoms with Gasteiger partial charge in [0.25, 0.3) is 0 Å². The highest BCUT2D eigenvalue weighted by atomic mass is 32.2. The van der Waals surface area contributed by atoms with Gasteiger partial charge in [-0.15, -0.1) is 0 Å². The average Bonchev–Trinajstić information content (AvgIpc) is 3.41. The van der Waals surface area contributed by atoms with Crippen LogP contribution in [0.2, 0.25) is 0 Å². The molecule has 2 N–H and O–H groups in total.